The summed E-state index contributed by atoms with van der Waals surface area (Å²) in [6.45, 7) is 6.04. The van der Waals surface area contributed by atoms with Crippen LogP contribution in [-0.2, 0) is 0 Å². The third-order valence-corrected chi connectivity index (χ3v) is 4.47. The van der Waals surface area contributed by atoms with Crippen LogP contribution in [0.25, 0.3) is 0 Å². The summed E-state index contributed by atoms with van der Waals surface area (Å²) in [4.78, 5) is 12.4. The molecule has 25 heavy (non-hydrogen) atoms. The molecule has 0 fully saturated rings. The smallest absolute Gasteiger partial charge is 0.257 e. The number of amides is 1. The van der Waals surface area contributed by atoms with Gasteiger partial charge in [-0.2, -0.15) is 0 Å². The molecule has 1 unspecified atom stereocenters. The number of ether oxygens (including phenoxy) is 1. The Balaban J connectivity index is 2.01. The lowest BCUT2D eigenvalue weighted by Crippen LogP contribution is -2.34. The van der Waals surface area contributed by atoms with Crippen LogP contribution in [0.4, 0.5) is 5.69 Å². The van der Waals surface area contributed by atoms with Gasteiger partial charge in [-0.05, 0) is 84.3 Å². The molecule has 0 aliphatic rings. The van der Waals surface area contributed by atoms with Crippen molar-refractivity contribution < 1.29 is 9.53 Å². The zero-order valence-electron chi connectivity index (χ0n) is 14.4. The molecule has 0 heterocycles. The number of carbonyl (C=O) groups is 1. The average molecular weight is 421 g/mol. The van der Waals surface area contributed by atoms with Crippen LogP contribution in [0.5, 0.6) is 5.75 Å². The number of carbonyl (C=O) groups excluding carboxylic acids is 1. The summed E-state index contributed by atoms with van der Waals surface area (Å²) in [6.07, 6.45) is 0.996. The van der Waals surface area contributed by atoms with Crippen LogP contribution >= 0.6 is 28.1 Å². The Labute approximate surface area is 162 Å². The van der Waals surface area contributed by atoms with Gasteiger partial charge in [-0.1, -0.05) is 19.1 Å². The second-order valence-electron chi connectivity index (χ2n) is 5.76. The number of thiocarbonyl (C=S) groups is 1. The van der Waals surface area contributed by atoms with Gasteiger partial charge in [0.2, 0.25) is 0 Å². The Morgan fingerprint density at radius 1 is 1.28 bits per heavy atom. The lowest BCUT2D eigenvalue weighted by atomic mass is 10.2. The van der Waals surface area contributed by atoms with Crippen molar-refractivity contribution in [1.29, 1.82) is 0 Å². The van der Waals surface area contributed by atoms with E-state index < -0.39 is 0 Å². The molecule has 2 rings (SSSR count). The van der Waals surface area contributed by atoms with Gasteiger partial charge in [-0.15, -0.1) is 0 Å². The fourth-order valence-corrected chi connectivity index (χ4v) is 2.87. The summed E-state index contributed by atoms with van der Waals surface area (Å²) in [5.74, 6) is 0.387. The maximum atomic E-state index is 12.4. The van der Waals surface area contributed by atoms with E-state index in [2.05, 4.69) is 33.5 Å². The zero-order valence-corrected chi connectivity index (χ0v) is 16.8. The topological polar surface area (TPSA) is 50.4 Å². The third kappa shape index (κ3) is 5.83. The summed E-state index contributed by atoms with van der Waals surface area (Å²) in [6, 6.07) is 12.9. The Morgan fingerprint density at radius 3 is 2.72 bits per heavy atom. The molecular weight excluding hydrogens is 400 g/mol. The average Bonchev–Trinajstić information content (AvgIpc) is 2.57. The summed E-state index contributed by atoms with van der Waals surface area (Å²) >= 11 is 8.71. The molecule has 0 bridgehead atoms. The Kier molecular flexibility index (Phi) is 6.96. The monoisotopic (exact) mass is 420 g/mol. The van der Waals surface area contributed by atoms with E-state index in [0.717, 1.165) is 22.1 Å². The van der Waals surface area contributed by atoms with Gasteiger partial charge < -0.3 is 10.1 Å². The fraction of sp³-hybridized carbons (Fsp3) is 0.263. The molecule has 1 atom stereocenters. The highest BCUT2D eigenvalue weighted by atomic mass is 79.9. The van der Waals surface area contributed by atoms with E-state index in [1.54, 1.807) is 18.2 Å². The molecule has 0 spiro atoms. The molecule has 0 aliphatic heterocycles. The van der Waals surface area contributed by atoms with E-state index in [-0.39, 0.29) is 17.1 Å². The zero-order chi connectivity index (χ0) is 18.4. The lowest BCUT2D eigenvalue weighted by molar-refractivity contribution is 0.0977. The van der Waals surface area contributed by atoms with Crippen molar-refractivity contribution in [1.82, 2.24) is 5.32 Å². The first-order valence-electron chi connectivity index (χ1n) is 8.04. The molecule has 6 heteroatoms. The highest BCUT2D eigenvalue weighted by Gasteiger charge is 2.11. The Morgan fingerprint density at radius 2 is 2.04 bits per heavy atom. The van der Waals surface area contributed by atoms with Gasteiger partial charge in [-0.3, -0.25) is 10.1 Å². The van der Waals surface area contributed by atoms with Gasteiger partial charge in [-0.25, -0.2) is 0 Å². The second-order valence-corrected chi connectivity index (χ2v) is 7.02. The second kappa shape index (κ2) is 8.97. The number of nitrogens with one attached hydrogen (secondary N) is 2. The van der Waals surface area contributed by atoms with Crippen LogP contribution in [-0.4, -0.2) is 17.1 Å². The van der Waals surface area contributed by atoms with Crippen LogP contribution in [0, 0.1) is 6.92 Å². The third-order valence-electron chi connectivity index (χ3n) is 3.61. The predicted molar refractivity (Wildman–Crippen MR) is 109 cm³/mol. The van der Waals surface area contributed by atoms with Crippen molar-refractivity contribution in [2.45, 2.75) is 33.3 Å². The van der Waals surface area contributed by atoms with Gasteiger partial charge in [0, 0.05) is 10.0 Å². The van der Waals surface area contributed by atoms with Gasteiger partial charge in [0.1, 0.15) is 5.75 Å². The number of halogens is 1. The van der Waals surface area contributed by atoms with E-state index in [1.807, 2.05) is 38.1 Å². The largest absolute Gasteiger partial charge is 0.491 e. The number of rotatable bonds is 5. The predicted octanol–water partition coefficient (Wildman–Crippen LogP) is 5.06. The molecule has 2 aromatic rings. The summed E-state index contributed by atoms with van der Waals surface area (Å²) in [5.41, 5.74) is 2.42. The lowest BCUT2D eigenvalue weighted by Gasteiger charge is -2.14. The van der Waals surface area contributed by atoms with Gasteiger partial charge >= 0.3 is 0 Å². The minimum atomic E-state index is -0.282. The van der Waals surface area contributed by atoms with Crippen molar-refractivity contribution in [3.63, 3.8) is 0 Å². The van der Waals surface area contributed by atoms with Crippen LogP contribution in [0.3, 0.4) is 0 Å². The van der Waals surface area contributed by atoms with Crippen molar-refractivity contribution in [2.75, 3.05) is 5.32 Å². The van der Waals surface area contributed by atoms with Crippen molar-refractivity contribution in [3.05, 3.63) is 58.1 Å². The van der Waals surface area contributed by atoms with Crippen molar-refractivity contribution in [2.24, 2.45) is 0 Å². The standard InChI is InChI=1S/C19H21BrN2O2S/c1-4-13(3)24-15-7-5-6-14(11-15)18(23)22-19(25)21-17-9-8-12(2)10-16(17)20/h5-11,13H,4H2,1-3H3,(H2,21,22,23,25). The van der Waals surface area contributed by atoms with E-state index >= 15 is 0 Å². The highest BCUT2D eigenvalue weighted by Crippen LogP contribution is 2.23. The minimum absolute atomic E-state index is 0.0972. The van der Waals surface area contributed by atoms with E-state index in [0.29, 0.717) is 11.3 Å². The maximum absolute atomic E-state index is 12.4. The normalized spacial score (nSPS) is 11.5. The number of aryl methyl sites for hydroxylation is 1. The molecule has 0 radical (unpaired) electrons. The first kappa shape index (κ1) is 19.4. The van der Waals surface area contributed by atoms with Gasteiger partial charge in [0.25, 0.3) is 5.91 Å². The molecule has 2 aromatic carbocycles. The molecule has 4 nitrogen and oxygen atoms in total. The van der Waals surface area contributed by atoms with Crippen molar-refractivity contribution in [3.8, 4) is 5.75 Å². The van der Waals surface area contributed by atoms with Crippen molar-refractivity contribution >= 4 is 44.9 Å². The summed E-state index contributed by atoms with van der Waals surface area (Å²) in [7, 11) is 0. The van der Waals surface area contributed by atoms with Crippen LogP contribution in [0.2, 0.25) is 0 Å². The van der Waals surface area contributed by atoms with Crippen LogP contribution in [0.1, 0.15) is 36.2 Å². The number of anilines is 1. The fourth-order valence-electron chi connectivity index (χ4n) is 2.08. The first-order chi connectivity index (χ1) is 11.9. The van der Waals surface area contributed by atoms with Gasteiger partial charge in [0.05, 0.1) is 11.8 Å². The molecule has 0 aromatic heterocycles. The molecular formula is C19H21BrN2O2S. The van der Waals surface area contributed by atoms with E-state index in [9.17, 15) is 4.79 Å². The molecule has 0 saturated heterocycles. The molecule has 0 saturated carbocycles. The first-order valence-corrected chi connectivity index (χ1v) is 9.24. The van der Waals surface area contributed by atoms with E-state index in [4.69, 9.17) is 17.0 Å². The number of hydrogen-bond donors (Lipinski definition) is 2. The van der Waals surface area contributed by atoms with Crippen LogP contribution < -0.4 is 15.4 Å². The SMILES string of the molecule is CCC(C)Oc1cccc(C(=O)NC(=S)Nc2ccc(C)cc2Br)c1. The van der Waals surface area contributed by atoms with Crippen LogP contribution in [0.15, 0.2) is 46.9 Å². The molecule has 1 amide bonds. The number of hydrogen-bond acceptors (Lipinski definition) is 3. The Hall–Kier alpha value is -1.92. The van der Waals surface area contributed by atoms with E-state index in [1.165, 1.54) is 0 Å². The molecule has 0 aliphatic carbocycles. The Bertz CT molecular complexity index is 780. The highest BCUT2D eigenvalue weighted by molar-refractivity contribution is 9.10. The molecule has 132 valence electrons. The number of benzene rings is 2. The maximum Gasteiger partial charge on any atom is 0.257 e. The molecule has 2 N–H and O–H groups in total. The van der Waals surface area contributed by atoms with Gasteiger partial charge in [0.15, 0.2) is 5.11 Å². The summed E-state index contributed by atoms with van der Waals surface area (Å²) in [5, 5.41) is 5.94. The minimum Gasteiger partial charge on any atom is -0.491 e. The summed E-state index contributed by atoms with van der Waals surface area (Å²) < 4.78 is 6.63. The quantitative estimate of drug-likeness (QED) is 0.663.